The average Bonchev–Trinajstić information content (AvgIpc) is 2.81. The van der Waals surface area contributed by atoms with E-state index in [0.717, 1.165) is 16.5 Å². The molecule has 7 heteroatoms. The number of ether oxygens (including phenoxy) is 1. The maximum Gasteiger partial charge on any atom is 0.305 e. The van der Waals surface area contributed by atoms with Crippen LogP contribution in [0.2, 0.25) is 0 Å². The Morgan fingerprint density at radius 3 is 2.95 bits per heavy atom. The van der Waals surface area contributed by atoms with Gasteiger partial charge >= 0.3 is 5.97 Å². The van der Waals surface area contributed by atoms with Crippen LogP contribution in [0.1, 0.15) is 30.5 Å². The van der Waals surface area contributed by atoms with Crippen molar-refractivity contribution in [2.45, 2.75) is 32.4 Å². The molecule has 0 radical (unpaired) electrons. The number of esters is 1. The lowest BCUT2D eigenvalue weighted by atomic mass is 10.3. The summed E-state index contributed by atoms with van der Waals surface area (Å²) < 4.78 is 4.80. The van der Waals surface area contributed by atoms with Crippen molar-refractivity contribution in [1.29, 1.82) is 0 Å². The molecule has 1 aromatic heterocycles. The number of nitrogens with zero attached hydrogens (tertiary/aromatic N) is 1. The third-order valence-electron chi connectivity index (χ3n) is 2.33. The van der Waals surface area contributed by atoms with Gasteiger partial charge in [0.2, 0.25) is 5.91 Å². The molecule has 1 aromatic rings. The van der Waals surface area contributed by atoms with Gasteiger partial charge in [-0.1, -0.05) is 0 Å². The third kappa shape index (κ3) is 7.49. The highest BCUT2D eigenvalue weighted by Crippen LogP contribution is 2.14. The van der Waals surface area contributed by atoms with Crippen LogP contribution in [0.15, 0.2) is 5.38 Å². The Bertz CT molecular complexity index is 435. The second kappa shape index (κ2) is 9.77. The van der Waals surface area contributed by atoms with Crippen molar-refractivity contribution in [3.8, 4) is 0 Å². The van der Waals surface area contributed by atoms with Crippen molar-refractivity contribution < 1.29 is 14.3 Å². The molecule has 1 N–H and O–H groups in total. The predicted molar refractivity (Wildman–Crippen MR) is 81.9 cm³/mol. The monoisotopic (exact) mass is 316 g/mol. The van der Waals surface area contributed by atoms with E-state index in [1.807, 2.05) is 12.3 Å². The van der Waals surface area contributed by atoms with Gasteiger partial charge in [-0.2, -0.15) is 0 Å². The molecule has 0 aliphatic carbocycles. The molecule has 0 saturated carbocycles. The standard InChI is InChI=1S/C13H20N2O3S2/c1-3-18-13(17)5-4-6-14-12(16)9-19-7-11-8-20-10(2)15-11/h8H,3-7,9H2,1-2H3,(H,14,16). The van der Waals surface area contributed by atoms with Crippen molar-refractivity contribution in [1.82, 2.24) is 10.3 Å². The first-order valence-corrected chi connectivity index (χ1v) is 8.56. The van der Waals surface area contributed by atoms with Gasteiger partial charge in [0.15, 0.2) is 0 Å². The molecule has 0 bridgehead atoms. The summed E-state index contributed by atoms with van der Waals surface area (Å²) in [7, 11) is 0. The van der Waals surface area contributed by atoms with Gasteiger partial charge in [-0.25, -0.2) is 4.98 Å². The zero-order valence-corrected chi connectivity index (χ0v) is 13.4. The number of hydrogen-bond donors (Lipinski definition) is 1. The number of rotatable bonds is 9. The number of aromatic nitrogens is 1. The third-order valence-corrected chi connectivity index (χ3v) is 4.12. The SMILES string of the molecule is CCOC(=O)CCCNC(=O)CSCc1csc(C)n1. The molecule has 0 aromatic carbocycles. The minimum Gasteiger partial charge on any atom is -0.466 e. The molecule has 1 amide bonds. The summed E-state index contributed by atoms with van der Waals surface area (Å²) in [6.45, 7) is 4.65. The van der Waals surface area contributed by atoms with Gasteiger partial charge in [0.1, 0.15) is 0 Å². The van der Waals surface area contributed by atoms with E-state index in [-0.39, 0.29) is 11.9 Å². The Hall–Kier alpha value is -1.08. The zero-order valence-electron chi connectivity index (χ0n) is 11.8. The zero-order chi connectivity index (χ0) is 14.8. The summed E-state index contributed by atoms with van der Waals surface area (Å²) in [5, 5.41) is 5.85. The average molecular weight is 316 g/mol. The van der Waals surface area contributed by atoms with E-state index in [0.29, 0.717) is 31.7 Å². The maximum absolute atomic E-state index is 11.5. The molecular weight excluding hydrogens is 296 g/mol. The van der Waals surface area contributed by atoms with Crippen molar-refractivity contribution in [3.63, 3.8) is 0 Å². The van der Waals surface area contributed by atoms with Gasteiger partial charge in [-0.05, 0) is 20.3 Å². The van der Waals surface area contributed by atoms with Gasteiger partial charge in [0.25, 0.3) is 0 Å². The second-order valence-electron chi connectivity index (χ2n) is 4.11. The highest BCUT2D eigenvalue weighted by Gasteiger charge is 2.05. The van der Waals surface area contributed by atoms with Crippen LogP contribution in [-0.4, -0.2) is 35.8 Å². The maximum atomic E-state index is 11.5. The van der Waals surface area contributed by atoms with Gasteiger partial charge in [0, 0.05) is 24.1 Å². The van der Waals surface area contributed by atoms with E-state index in [9.17, 15) is 9.59 Å². The van der Waals surface area contributed by atoms with Crippen molar-refractivity contribution in [3.05, 3.63) is 16.1 Å². The summed E-state index contributed by atoms with van der Waals surface area (Å²) in [5.41, 5.74) is 1.02. The van der Waals surface area contributed by atoms with Gasteiger partial charge in [-0.3, -0.25) is 9.59 Å². The lowest BCUT2D eigenvalue weighted by Gasteiger charge is -2.04. The molecule has 1 heterocycles. The fourth-order valence-corrected chi connectivity index (χ4v) is 2.93. The molecule has 5 nitrogen and oxygen atoms in total. The van der Waals surface area contributed by atoms with Gasteiger partial charge < -0.3 is 10.1 Å². The molecule has 0 aliphatic rings. The van der Waals surface area contributed by atoms with E-state index in [2.05, 4.69) is 10.3 Å². The van der Waals surface area contributed by atoms with Crippen LogP contribution in [0.3, 0.4) is 0 Å². The topological polar surface area (TPSA) is 68.3 Å². The lowest BCUT2D eigenvalue weighted by Crippen LogP contribution is -2.26. The van der Waals surface area contributed by atoms with Crippen LogP contribution in [0.25, 0.3) is 0 Å². The molecular formula is C13H20N2O3S2. The summed E-state index contributed by atoms with van der Waals surface area (Å²) >= 11 is 3.16. The van der Waals surface area contributed by atoms with Crippen LogP contribution in [0.5, 0.6) is 0 Å². The van der Waals surface area contributed by atoms with Crippen LogP contribution in [-0.2, 0) is 20.1 Å². The first-order valence-electron chi connectivity index (χ1n) is 6.53. The fraction of sp³-hybridized carbons (Fsp3) is 0.615. The number of nitrogens with one attached hydrogen (secondary N) is 1. The fourth-order valence-electron chi connectivity index (χ4n) is 1.47. The van der Waals surface area contributed by atoms with E-state index in [1.165, 1.54) is 0 Å². The first kappa shape index (κ1) is 17.0. The Labute approximate surface area is 127 Å². The van der Waals surface area contributed by atoms with Gasteiger partial charge in [0.05, 0.1) is 23.1 Å². The Kier molecular flexibility index (Phi) is 8.29. The number of aryl methyl sites for hydroxylation is 1. The Morgan fingerprint density at radius 1 is 1.50 bits per heavy atom. The Morgan fingerprint density at radius 2 is 2.30 bits per heavy atom. The first-order chi connectivity index (χ1) is 9.61. The normalized spacial score (nSPS) is 10.3. The number of thioether (sulfide) groups is 1. The number of hydrogen-bond acceptors (Lipinski definition) is 6. The molecule has 1 rings (SSSR count). The molecule has 0 fully saturated rings. The van der Waals surface area contributed by atoms with E-state index >= 15 is 0 Å². The van der Waals surface area contributed by atoms with Crippen LogP contribution in [0.4, 0.5) is 0 Å². The summed E-state index contributed by atoms with van der Waals surface area (Å²) in [4.78, 5) is 27.0. The summed E-state index contributed by atoms with van der Waals surface area (Å²) in [5.74, 6) is 0.942. The lowest BCUT2D eigenvalue weighted by molar-refractivity contribution is -0.143. The Balaban J connectivity index is 2.02. The largest absolute Gasteiger partial charge is 0.466 e. The van der Waals surface area contributed by atoms with Crippen molar-refractivity contribution >= 4 is 35.0 Å². The minimum atomic E-state index is -0.213. The molecule has 0 saturated heterocycles. The highest BCUT2D eigenvalue weighted by atomic mass is 32.2. The molecule has 0 spiro atoms. The van der Waals surface area contributed by atoms with Crippen LogP contribution in [0, 0.1) is 6.92 Å². The van der Waals surface area contributed by atoms with Crippen LogP contribution < -0.4 is 5.32 Å². The minimum absolute atomic E-state index is 0.00851. The van der Waals surface area contributed by atoms with Crippen molar-refractivity contribution in [2.75, 3.05) is 18.9 Å². The molecule has 112 valence electrons. The van der Waals surface area contributed by atoms with Gasteiger partial charge in [-0.15, -0.1) is 23.1 Å². The van der Waals surface area contributed by atoms with Crippen LogP contribution >= 0.6 is 23.1 Å². The van der Waals surface area contributed by atoms with E-state index in [4.69, 9.17) is 4.74 Å². The number of amides is 1. The smallest absolute Gasteiger partial charge is 0.305 e. The van der Waals surface area contributed by atoms with Crippen molar-refractivity contribution in [2.24, 2.45) is 0 Å². The van der Waals surface area contributed by atoms with E-state index in [1.54, 1.807) is 30.0 Å². The summed E-state index contributed by atoms with van der Waals surface area (Å²) in [6, 6.07) is 0. The van der Waals surface area contributed by atoms with E-state index < -0.39 is 0 Å². The highest BCUT2D eigenvalue weighted by molar-refractivity contribution is 7.99. The molecule has 0 unspecified atom stereocenters. The predicted octanol–water partition coefficient (Wildman–Crippen LogP) is 2.14. The molecule has 0 aliphatic heterocycles. The molecule has 0 atom stereocenters. The second-order valence-corrected chi connectivity index (χ2v) is 6.16. The number of carbonyl (C=O) groups is 2. The number of thiazole rings is 1. The summed E-state index contributed by atoms with van der Waals surface area (Å²) in [6.07, 6.45) is 0.958. The number of carbonyl (C=O) groups excluding carboxylic acids is 2. The molecule has 20 heavy (non-hydrogen) atoms. The quantitative estimate of drug-likeness (QED) is 0.558.